The van der Waals surface area contributed by atoms with Gasteiger partial charge in [-0.3, -0.25) is 0 Å². The quantitative estimate of drug-likeness (QED) is 0.538. The van der Waals surface area contributed by atoms with Gasteiger partial charge in [-0.15, -0.1) is 0 Å². The molecule has 0 atom stereocenters. The molecule has 0 aliphatic carbocycles. The van der Waals surface area contributed by atoms with Crippen molar-refractivity contribution in [2.75, 3.05) is 0 Å². The molecule has 0 fully saturated rings. The third-order valence-electron chi connectivity index (χ3n) is 3.62. The van der Waals surface area contributed by atoms with Crippen molar-refractivity contribution in [2.45, 2.75) is 0 Å². The summed E-state index contributed by atoms with van der Waals surface area (Å²) in [7, 11) is 1.97. The van der Waals surface area contributed by atoms with Crippen LogP contribution in [-0.2, 0) is 7.05 Å². The summed E-state index contributed by atoms with van der Waals surface area (Å²) in [6.07, 6.45) is 3.56. The fourth-order valence-corrected chi connectivity index (χ4v) is 2.62. The molecule has 1 aromatic carbocycles. The minimum absolute atomic E-state index is 0.629. The van der Waals surface area contributed by atoms with Crippen molar-refractivity contribution >= 4 is 27.8 Å². The van der Waals surface area contributed by atoms with E-state index in [1.165, 1.54) is 0 Å². The van der Waals surface area contributed by atoms with Crippen LogP contribution >= 0.6 is 0 Å². The van der Waals surface area contributed by atoms with E-state index in [9.17, 15) is 0 Å². The Morgan fingerprint density at radius 3 is 3.00 bits per heavy atom. The number of aromatic nitrogens is 4. The topological polar surface area (TPSA) is 50.9 Å². The molecule has 0 aliphatic rings. The first-order valence-electron chi connectivity index (χ1n) is 6.53. The van der Waals surface area contributed by atoms with E-state index in [2.05, 4.69) is 25.9 Å². The van der Waals surface area contributed by atoms with Gasteiger partial charge in [0, 0.05) is 18.1 Å². The highest BCUT2D eigenvalue weighted by molar-refractivity contribution is 6.03. The van der Waals surface area contributed by atoms with Crippen molar-refractivity contribution in [2.24, 2.45) is 7.05 Å². The molecular formula is C16H11N5. The Morgan fingerprint density at radius 2 is 2.14 bits per heavy atom. The predicted octanol–water partition coefficient (Wildman–Crippen LogP) is 3.67. The molecule has 5 nitrogen and oxygen atoms in total. The second-order valence-corrected chi connectivity index (χ2v) is 4.95. The number of benzene rings is 1. The lowest BCUT2D eigenvalue weighted by atomic mass is 10.1. The van der Waals surface area contributed by atoms with Gasteiger partial charge >= 0.3 is 0 Å². The lowest BCUT2D eigenvalue weighted by molar-refractivity contribution is 0.951. The summed E-state index contributed by atoms with van der Waals surface area (Å²) in [5.41, 5.74) is 5.34. The zero-order valence-corrected chi connectivity index (χ0v) is 11.3. The van der Waals surface area contributed by atoms with E-state index in [1.807, 2.05) is 29.8 Å². The van der Waals surface area contributed by atoms with Crippen LogP contribution in [0.5, 0.6) is 0 Å². The van der Waals surface area contributed by atoms with Gasteiger partial charge in [-0.05, 0) is 17.7 Å². The number of rotatable bonds is 1. The Hall–Kier alpha value is -3.13. The van der Waals surface area contributed by atoms with Gasteiger partial charge in [-0.2, -0.15) is 0 Å². The Balaban J connectivity index is 2.00. The maximum atomic E-state index is 7.12. The van der Waals surface area contributed by atoms with Crippen LogP contribution in [0.1, 0.15) is 0 Å². The largest absolute Gasteiger partial charge is 0.339 e. The smallest absolute Gasteiger partial charge is 0.187 e. The molecule has 3 aromatic heterocycles. The Bertz CT molecular complexity index is 1020. The monoisotopic (exact) mass is 273 g/mol. The van der Waals surface area contributed by atoms with E-state index in [4.69, 9.17) is 6.57 Å². The second-order valence-electron chi connectivity index (χ2n) is 4.95. The summed E-state index contributed by atoms with van der Waals surface area (Å²) < 4.78 is 1.99. The third kappa shape index (κ3) is 1.70. The second kappa shape index (κ2) is 4.18. The summed E-state index contributed by atoms with van der Waals surface area (Å²) in [6, 6.07) is 9.62. The highest BCUT2D eigenvalue weighted by Gasteiger charge is 2.11. The number of hydrogen-bond donors (Lipinski definition) is 1. The van der Waals surface area contributed by atoms with Crippen LogP contribution in [0.4, 0.5) is 5.69 Å². The summed E-state index contributed by atoms with van der Waals surface area (Å²) in [4.78, 5) is 15.5. The standard InChI is InChI=1S/C16H11N5/c1-17-11-5-3-4-10(6-11)13-7-12-15-14(19-9-21(15)2)8-18-16(12)20-13/h3-9H,2H3,(H,18,20). The molecule has 0 unspecified atom stereocenters. The van der Waals surface area contributed by atoms with Gasteiger partial charge in [0.15, 0.2) is 5.69 Å². The van der Waals surface area contributed by atoms with Gasteiger partial charge in [0.05, 0.1) is 24.6 Å². The molecule has 0 aliphatic heterocycles. The molecule has 0 radical (unpaired) electrons. The van der Waals surface area contributed by atoms with Crippen LogP contribution in [0.15, 0.2) is 42.9 Å². The molecule has 4 aromatic rings. The molecule has 5 heteroatoms. The van der Waals surface area contributed by atoms with Crippen molar-refractivity contribution in [3.05, 3.63) is 54.3 Å². The van der Waals surface area contributed by atoms with Gasteiger partial charge in [-0.25, -0.2) is 14.8 Å². The van der Waals surface area contributed by atoms with Crippen LogP contribution in [0.25, 0.3) is 38.2 Å². The van der Waals surface area contributed by atoms with Gasteiger partial charge < -0.3 is 9.55 Å². The Labute approximate surface area is 120 Å². The number of aromatic amines is 1. The summed E-state index contributed by atoms with van der Waals surface area (Å²) in [5, 5.41) is 1.04. The molecule has 0 amide bonds. The van der Waals surface area contributed by atoms with E-state index in [-0.39, 0.29) is 0 Å². The summed E-state index contributed by atoms with van der Waals surface area (Å²) >= 11 is 0. The van der Waals surface area contributed by atoms with Crippen molar-refractivity contribution < 1.29 is 0 Å². The molecule has 0 bridgehead atoms. The SMILES string of the molecule is [C-]#[N+]c1cccc(-c2cc3c(ncc4ncn(C)c43)[nH]2)c1. The molecule has 1 N–H and O–H groups in total. The van der Waals surface area contributed by atoms with Crippen LogP contribution in [0.2, 0.25) is 0 Å². The van der Waals surface area contributed by atoms with Crippen molar-refractivity contribution in [3.63, 3.8) is 0 Å². The zero-order chi connectivity index (χ0) is 14.4. The van der Waals surface area contributed by atoms with Crippen molar-refractivity contribution in [3.8, 4) is 11.3 Å². The summed E-state index contributed by atoms with van der Waals surface area (Å²) in [6.45, 7) is 7.12. The van der Waals surface area contributed by atoms with Gasteiger partial charge in [0.2, 0.25) is 0 Å². The predicted molar refractivity (Wildman–Crippen MR) is 82.1 cm³/mol. The Morgan fingerprint density at radius 1 is 1.24 bits per heavy atom. The molecular weight excluding hydrogens is 262 g/mol. The third-order valence-corrected chi connectivity index (χ3v) is 3.62. The average molecular weight is 273 g/mol. The normalized spacial score (nSPS) is 11.0. The van der Waals surface area contributed by atoms with Gasteiger partial charge in [0.25, 0.3) is 0 Å². The summed E-state index contributed by atoms with van der Waals surface area (Å²) in [5.74, 6) is 0. The minimum Gasteiger partial charge on any atom is -0.339 e. The minimum atomic E-state index is 0.629. The molecule has 21 heavy (non-hydrogen) atoms. The van der Waals surface area contributed by atoms with Gasteiger partial charge in [0.1, 0.15) is 11.2 Å². The lowest BCUT2D eigenvalue weighted by Crippen LogP contribution is -1.85. The number of H-pyrrole nitrogens is 1. The number of hydrogen-bond acceptors (Lipinski definition) is 2. The Kier molecular flexibility index (Phi) is 2.33. The zero-order valence-electron chi connectivity index (χ0n) is 11.3. The first-order valence-corrected chi connectivity index (χ1v) is 6.53. The molecule has 100 valence electrons. The molecule has 0 spiro atoms. The maximum absolute atomic E-state index is 7.12. The van der Waals surface area contributed by atoms with Crippen LogP contribution < -0.4 is 0 Å². The average Bonchev–Trinajstić information content (AvgIpc) is 3.10. The fourth-order valence-electron chi connectivity index (χ4n) is 2.62. The first-order chi connectivity index (χ1) is 10.3. The van der Waals surface area contributed by atoms with E-state index in [1.54, 1.807) is 18.6 Å². The highest BCUT2D eigenvalue weighted by Crippen LogP contribution is 2.29. The molecule has 0 saturated carbocycles. The number of aryl methyl sites for hydroxylation is 1. The van der Waals surface area contributed by atoms with E-state index in [0.717, 1.165) is 33.3 Å². The van der Waals surface area contributed by atoms with Crippen molar-refractivity contribution in [1.82, 2.24) is 19.5 Å². The number of nitrogens with zero attached hydrogens (tertiary/aromatic N) is 4. The number of fused-ring (bicyclic) bond motifs is 3. The molecule has 0 saturated heterocycles. The first kappa shape index (κ1) is 11.7. The van der Waals surface area contributed by atoms with Gasteiger partial charge in [-0.1, -0.05) is 18.2 Å². The highest BCUT2D eigenvalue weighted by atomic mass is 15.0. The van der Waals surface area contributed by atoms with E-state index >= 15 is 0 Å². The van der Waals surface area contributed by atoms with Crippen LogP contribution in [0.3, 0.4) is 0 Å². The number of pyridine rings is 1. The number of nitrogens with one attached hydrogen (secondary N) is 1. The molecule has 3 heterocycles. The van der Waals surface area contributed by atoms with E-state index < -0.39 is 0 Å². The fraction of sp³-hybridized carbons (Fsp3) is 0.0625. The molecule has 4 rings (SSSR count). The number of imidazole rings is 1. The maximum Gasteiger partial charge on any atom is 0.187 e. The van der Waals surface area contributed by atoms with Crippen LogP contribution in [-0.4, -0.2) is 19.5 Å². The lowest BCUT2D eigenvalue weighted by Gasteiger charge is -1.97. The van der Waals surface area contributed by atoms with E-state index in [0.29, 0.717) is 5.69 Å². The van der Waals surface area contributed by atoms with Crippen LogP contribution in [0, 0.1) is 6.57 Å². The van der Waals surface area contributed by atoms with Crippen molar-refractivity contribution in [1.29, 1.82) is 0 Å².